The number of carbonyl (C=O) groups excluding carboxylic acids is 2. The van der Waals surface area contributed by atoms with E-state index in [9.17, 15) is 9.59 Å². The van der Waals surface area contributed by atoms with E-state index >= 15 is 0 Å². The molecule has 0 fully saturated rings. The van der Waals surface area contributed by atoms with Crippen LogP contribution in [0, 0.1) is 6.92 Å². The predicted octanol–water partition coefficient (Wildman–Crippen LogP) is 4.03. The summed E-state index contributed by atoms with van der Waals surface area (Å²) in [7, 11) is 0. The number of hydrogen-bond acceptors (Lipinski definition) is 4. The molecule has 2 aromatic carbocycles. The van der Waals surface area contributed by atoms with Crippen LogP contribution in [-0.2, 0) is 9.59 Å². The van der Waals surface area contributed by atoms with Crippen LogP contribution in [-0.4, -0.2) is 37.6 Å². The van der Waals surface area contributed by atoms with Gasteiger partial charge in [0.05, 0.1) is 18.8 Å². The molecule has 1 unspecified atom stereocenters. The normalized spacial score (nSPS) is 15.3. The molecule has 2 amide bonds. The molecule has 154 valence electrons. The number of ether oxygens (including phenoxy) is 1. The van der Waals surface area contributed by atoms with Gasteiger partial charge in [-0.1, -0.05) is 36.2 Å². The highest BCUT2D eigenvalue weighted by molar-refractivity contribution is 6.35. The molecular weight excluding hydrogens is 413 g/mol. The summed E-state index contributed by atoms with van der Waals surface area (Å²) in [6.45, 7) is 4.86. The van der Waals surface area contributed by atoms with Gasteiger partial charge in [0.2, 0.25) is 5.91 Å². The lowest BCUT2D eigenvalue weighted by atomic mass is 10.1. The number of amides is 2. The molecule has 0 saturated heterocycles. The van der Waals surface area contributed by atoms with Gasteiger partial charge in [-0.15, -0.1) is 0 Å². The Kier molecular flexibility index (Phi) is 6.87. The molecule has 0 saturated carbocycles. The minimum atomic E-state index is -0.690. The fraction of sp³-hybridized carbons (Fsp3) is 0.333. The zero-order valence-electron chi connectivity index (χ0n) is 16.3. The topological polar surface area (TPSA) is 70.7 Å². The van der Waals surface area contributed by atoms with Gasteiger partial charge in [0.15, 0.2) is 6.10 Å². The Bertz CT molecular complexity index is 900. The van der Waals surface area contributed by atoms with Crippen molar-refractivity contribution in [3.63, 3.8) is 0 Å². The molecule has 1 aliphatic heterocycles. The molecule has 2 N–H and O–H groups in total. The smallest absolute Gasteiger partial charge is 0.262 e. The Morgan fingerprint density at radius 3 is 2.59 bits per heavy atom. The van der Waals surface area contributed by atoms with Gasteiger partial charge in [0.1, 0.15) is 5.75 Å². The van der Waals surface area contributed by atoms with E-state index in [2.05, 4.69) is 10.6 Å². The Labute approximate surface area is 180 Å². The maximum Gasteiger partial charge on any atom is 0.262 e. The average molecular weight is 436 g/mol. The number of benzene rings is 2. The first-order valence-electron chi connectivity index (χ1n) is 9.41. The van der Waals surface area contributed by atoms with Crippen molar-refractivity contribution < 1.29 is 14.3 Å². The lowest BCUT2D eigenvalue weighted by Crippen LogP contribution is -2.50. The van der Waals surface area contributed by atoms with Gasteiger partial charge in [-0.3, -0.25) is 9.59 Å². The largest absolute Gasteiger partial charge is 0.477 e. The number of nitrogens with one attached hydrogen (secondary N) is 2. The number of nitrogens with zero attached hydrogens (tertiary/aromatic N) is 1. The van der Waals surface area contributed by atoms with Crippen molar-refractivity contribution in [1.82, 2.24) is 5.32 Å². The van der Waals surface area contributed by atoms with Crippen LogP contribution in [0.15, 0.2) is 36.4 Å². The third-order valence-electron chi connectivity index (χ3n) is 4.43. The van der Waals surface area contributed by atoms with Crippen molar-refractivity contribution in [2.45, 2.75) is 26.4 Å². The lowest BCUT2D eigenvalue weighted by Gasteiger charge is -2.35. The van der Waals surface area contributed by atoms with Gasteiger partial charge < -0.3 is 20.3 Å². The molecule has 0 aromatic heterocycles. The summed E-state index contributed by atoms with van der Waals surface area (Å²) in [5, 5.41) is 6.53. The molecule has 1 heterocycles. The zero-order chi connectivity index (χ0) is 21.0. The second-order valence-electron chi connectivity index (χ2n) is 6.96. The second kappa shape index (κ2) is 9.37. The van der Waals surface area contributed by atoms with Crippen LogP contribution in [0.2, 0.25) is 10.0 Å². The fourth-order valence-electron chi connectivity index (χ4n) is 3.11. The van der Waals surface area contributed by atoms with Crippen LogP contribution in [0.5, 0.6) is 5.75 Å². The summed E-state index contributed by atoms with van der Waals surface area (Å²) < 4.78 is 5.89. The van der Waals surface area contributed by atoms with Crippen molar-refractivity contribution in [2.75, 3.05) is 29.9 Å². The summed E-state index contributed by atoms with van der Waals surface area (Å²) in [6, 6.07) is 10.5. The van der Waals surface area contributed by atoms with Gasteiger partial charge in [-0.25, -0.2) is 0 Å². The van der Waals surface area contributed by atoms with Crippen molar-refractivity contribution in [1.29, 1.82) is 0 Å². The lowest BCUT2D eigenvalue weighted by molar-refractivity contribution is -0.128. The number of fused-ring (bicyclic) bond motifs is 1. The van der Waals surface area contributed by atoms with Crippen LogP contribution in [0.4, 0.5) is 11.4 Å². The first kappa shape index (κ1) is 21.3. The Morgan fingerprint density at radius 1 is 1.17 bits per heavy atom. The second-order valence-corrected chi connectivity index (χ2v) is 7.83. The van der Waals surface area contributed by atoms with E-state index < -0.39 is 6.10 Å². The van der Waals surface area contributed by atoms with Gasteiger partial charge >= 0.3 is 0 Å². The van der Waals surface area contributed by atoms with Gasteiger partial charge in [-0.05, 0) is 49.2 Å². The summed E-state index contributed by atoms with van der Waals surface area (Å²) in [5.74, 6) is 0.146. The van der Waals surface area contributed by atoms with E-state index in [1.54, 1.807) is 18.2 Å². The summed E-state index contributed by atoms with van der Waals surface area (Å²) >= 11 is 12.0. The SMILES string of the molecule is CCCNC(=O)C1CN(CC(=O)Nc2cc(Cl)cc(Cl)c2)c2cc(C)ccc2O1. The molecule has 0 spiro atoms. The molecule has 1 atom stereocenters. The zero-order valence-corrected chi connectivity index (χ0v) is 17.8. The minimum Gasteiger partial charge on any atom is -0.477 e. The van der Waals surface area contributed by atoms with E-state index in [1.165, 1.54) is 0 Å². The van der Waals surface area contributed by atoms with Crippen LogP contribution in [0.3, 0.4) is 0 Å². The van der Waals surface area contributed by atoms with Crippen LogP contribution in [0.1, 0.15) is 18.9 Å². The molecule has 6 nitrogen and oxygen atoms in total. The number of aryl methyl sites for hydroxylation is 1. The van der Waals surface area contributed by atoms with Crippen molar-refractivity contribution >= 4 is 46.4 Å². The molecule has 29 heavy (non-hydrogen) atoms. The van der Waals surface area contributed by atoms with Crippen molar-refractivity contribution in [3.05, 3.63) is 52.0 Å². The summed E-state index contributed by atoms with van der Waals surface area (Å²) in [4.78, 5) is 27.0. The highest BCUT2D eigenvalue weighted by atomic mass is 35.5. The van der Waals surface area contributed by atoms with Gasteiger partial charge in [0.25, 0.3) is 5.91 Å². The molecule has 3 rings (SSSR count). The third-order valence-corrected chi connectivity index (χ3v) is 4.87. The van der Waals surface area contributed by atoms with E-state index in [1.807, 2.05) is 36.9 Å². The van der Waals surface area contributed by atoms with Gasteiger partial charge in [-0.2, -0.15) is 0 Å². The number of hydrogen-bond donors (Lipinski definition) is 2. The van der Waals surface area contributed by atoms with Crippen LogP contribution in [0.25, 0.3) is 0 Å². The molecule has 1 aliphatic rings. The quantitative estimate of drug-likeness (QED) is 0.718. The molecule has 0 radical (unpaired) electrons. The molecular formula is C21H23Cl2N3O3. The monoisotopic (exact) mass is 435 g/mol. The standard InChI is InChI=1S/C21H23Cl2N3O3/c1-3-6-24-21(28)19-11-26(17-7-13(2)4-5-18(17)29-19)12-20(27)25-16-9-14(22)8-15(23)10-16/h4-5,7-10,19H,3,6,11-12H2,1-2H3,(H,24,28)(H,25,27). The predicted molar refractivity (Wildman–Crippen MR) is 116 cm³/mol. The van der Waals surface area contributed by atoms with E-state index in [0.29, 0.717) is 28.0 Å². The van der Waals surface area contributed by atoms with E-state index in [0.717, 1.165) is 17.7 Å². The number of halogens is 2. The molecule has 0 bridgehead atoms. The van der Waals surface area contributed by atoms with Crippen molar-refractivity contribution in [2.24, 2.45) is 0 Å². The number of rotatable bonds is 6. The Balaban J connectivity index is 1.77. The van der Waals surface area contributed by atoms with Crippen molar-refractivity contribution in [3.8, 4) is 5.75 Å². The first-order chi connectivity index (χ1) is 13.9. The van der Waals surface area contributed by atoms with Crippen LogP contribution >= 0.6 is 23.2 Å². The maximum absolute atomic E-state index is 12.7. The maximum atomic E-state index is 12.7. The fourth-order valence-corrected chi connectivity index (χ4v) is 3.64. The molecule has 2 aromatic rings. The highest BCUT2D eigenvalue weighted by Gasteiger charge is 2.31. The third kappa shape index (κ3) is 5.55. The first-order valence-corrected chi connectivity index (χ1v) is 10.2. The molecule has 0 aliphatic carbocycles. The van der Waals surface area contributed by atoms with Gasteiger partial charge in [0, 0.05) is 22.3 Å². The van der Waals surface area contributed by atoms with E-state index in [4.69, 9.17) is 27.9 Å². The Morgan fingerprint density at radius 2 is 1.90 bits per heavy atom. The number of anilines is 2. The van der Waals surface area contributed by atoms with Crippen LogP contribution < -0.4 is 20.3 Å². The highest BCUT2D eigenvalue weighted by Crippen LogP contribution is 2.34. The summed E-state index contributed by atoms with van der Waals surface area (Å²) in [5.41, 5.74) is 2.33. The minimum absolute atomic E-state index is 0.0570. The van der Waals surface area contributed by atoms with E-state index in [-0.39, 0.29) is 24.9 Å². The average Bonchev–Trinajstić information content (AvgIpc) is 2.65. The summed E-state index contributed by atoms with van der Waals surface area (Å²) in [6.07, 6.45) is 0.146. The number of carbonyl (C=O) groups is 2. The molecule has 8 heteroatoms. The Hall–Kier alpha value is -2.44.